The number of carbonyl (C=O) groups is 3. The Morgan fingerprint density at radius 2 is 2.00 bits per heavy atom. The van der Waals surface area contributed by atoms with Gasteiger partial charge in [-0.05, 0) is 49.4 Å². The average molecular weight is 466 g/mol. The molecule has 1 saturated carbocycles. The largest absolute Gasteiger partial charge is 0.479 e. The molecule has 0 spiro atoms. The number of aromatic nitrogens is 1. The number of benzene rings is 1. The Balaban J connectivity index is 1.21. The zero-order chi connectivity index (χ0) is 23.7. The van der Waals surface area contributed by atoms with Crippen molar-refractivity contribution >= 4 is 23.5 Å². The summed E-state index contributed by atoms with van der Waals surface area (Å²) in [6.45, 7) is 3.43. The fraction of sp³-hybridized carbons (Fsp3) is 0.440. The van der Waals surface area contributed by atoms with Crippen LogP contribution >= 0.6 is 0 Å². The molecule has 1 aromatic heterocycles. The summed E-state index contributed by atoms with van der Waals surface area (Å²) in [6.07, 6.45) is 3.91. The van der Waals surface area contributed by atoms with Crippen molar-refractivity contribution < 1.29 is 28.6 Å². The molecule has 2 aromatic rings. The number of anilines is 1. The van der Waals surface area contributed by atoms with Crippen LogP contribution in [0.25, 0.3) is 0 Å². The van der Waals surface area contributed by atoms with Crippen LogP contribution in [-0.2, 0) is 20.9 Å². The van der Waals surface area contributed by atoms with Crippen LogP contribution in [0.4, 0.5) is 5.69 Å². The van der Waals surface area contributed by atoms with E-state index in [1.54, 1.807) is 36.2 Å². The molecule has 9 heteroatoms. The maximum absolute atomic E-state index is 13.0. The van der Waals surface area contributed by atoms with E-state index in [4.69, 9.17) is 14.2 Å². The van der Waals surface area contributed by atoms with Gasteiger partial charge in [0.2, 0.25) is 5.88 Å². The Morgan fingerprint density at radius 1 is 1.15 bits per heavy atom. The highest BCUT2D eigenvalue weighted by Gasteiger charge is 2.36. The summed E-state index contributed by atoms with van der Waals surface area (Å²) in [5, 5.41) is 0. The van der Waals surface area contributed by atoms with Gasteiger partial charge in [0.15, 0.2) is 6.10 Å². The molecule has 34 heavy (non-hydrogen) atoms. The molecular weight excluding hydrogens is 438 g/mol. The number of carbonyl (C=O) groups excluding carboxylic acids is 3. The first-order valence-corrected chi connectivity index (χ1v) is 11.7. The molecule has 3 heterocycles. The first-order valence-electron chi connectivity index (χ1n) is 11.7. The van der Waals surface area contributed by atoms with Crippen molar-refractivity contribution in [1.82, 2.24) is 9.88 Å². The summed E-state index contributed by atoms with van der Waals surface area (Å²) in [6, 6.07) is 8.89. The lowest BCUT2D eigenvalue weighted by Crippen LogP contribution is -2.32. The van der Waals surface area contributed by atoms with Gasteiger partial charge in [-0.25, -0.2) is 4.98 Å². The normalized spacial score (nSPS) is 19.4. The third kappa shape index (κ3) is 4.69. The molecule has 9 nitrogen and oxygen atoms in total. The molecule has 5 rings (SSSR count). The van der Waals surface area contributed by atoms with Crippen molar-refractivity contribution in [3.63, 3.8) is 0 Å². The summed E-state index contributed by atoms with van der Waals surface area (Å²) in [5.41, 5.74) is 1.97. The highest BCUT2D eigenvalue weighted by molar-refractivity contribution is 6.03. The monoisotopic (exact) mass is 465 g/mol. The minimum absolute atomic E-state index is 0.0896. The smallest absolute Gasteiger partial charge is 0.325 e. The molecule has 1 atom stereocenters. The van der Waals surface area contributed by atoms with Gasteiger partial charge in [0.25, 0.3) is 11.8 Å². The van der Waals surface area contributed by atoms with Gasteiger partial charge in [-0.1, -0.05) is 6.07 Å². The Hall–Kier alpha value is -3.62. The molecule has 1 saturated heterocycles. The summed E-state index contributed by atoms with van der Waals surface area (Å²) in [5.74, 6) is 0.879. The molecule has 0 radical (unpaired) electrons. The van der Waals surface area contributed by atoms with E-state index in [1.807, 2.05) is 12.1 Å². The third-order valence-corrected chi connectivity index (χ3v) is 6.22. The van der Waals surface area contributed by atoms with Crippen molar-refractivity contribution in [3.05, 3.63) is 47.7 Å². The number of fused-ring (bicyclic) bond motifs is 1. The van der Waals surface area contributed by atoms with Crippen molar-refractivity contribution in [2.75, 3.05) is 31.2 Å². The molecule has 2 amide bonds. The number of esters is 1. The van der Waals surface area contributed by atoms with Crippen molar-refractivity contribution in [1.29, 1.82) is 0 Å². The van der Waals surface area contributed by atoms with Crippen LogP contribution in [0, 0.1) is 5.92 Å². The quantitative estimate of drug-likeness (QED) is 0.525. The van der Waals surface area contributed by atoms with E-state index in [-0.39, 0.29) is 25.0 Å². The van der Waals surface area contributed by atoms with Gasteiger partial charge in [-0.2, -0.15) is 0 Å². The second-order valence-electron chi connectivity index (χ2n) is 8.78. The van der Waals surface area contributed by atoms with Crippen LogP contribution in [0.5, 0.6) is 11.6 Å². The summed E-state index contributed by atoms with van der Waals surface area (Å²) >= 11 is 0. The zero-order valence-electron chi connectivity index (χ0n) is 19.1. The highest BCUT2D eigenvalue weighted by Crippen LogP contribution is 2.31. The van der Waals surface area contributed by atoms with E-state index in [0.717, 1.165) is 5.56 Å². The number of pyridine rings is 1. The Kier molecular flexibility index (Phi) is 6.08. The van der Waals surface area contributed by atoms with Crippen molar-refractivity contribution in [3.8, 4) is 11.6 Å². The first kappa shape index (κ1) is 22.2. The Bertz CT molecular complexity index is 1100. The van der Waals surface area contributed by atoms with E-state index in [0.29, 0.717) is 54.9 Å². The van der Waals surface area contributed by atoms with Gasteiger partial charge in [-0.3, -0.25) is 14.4 Å². The zero-order valence-corrected chi connectivity index (χ0v) is 19.1. The summed E-state index contributed by atoms with van der Waals surface area (Å²) < 4.78 is 16.5. The first-order chi connectivity index (χ1) is 16.5. The lowest BCUT2D eigenvalue weighted by molar-refractivity contribution is -0.143. The molecule has 178 valence electrons. The number of hydrogen-bond acceptors (Lipinski definition) is 7. The standard InChI is InChI=1S/C25H27N3O6/c1-2-32-23(29)14-27-13-17-5-6-18(11-20(17)24(27)30)28-10-9-21(25(28)31)34-19-7-8-22(26-12-19)33-15-16-3-4-16/h5-8,11-12,16,21H,2-4,9-10,13-15H2,1H3/t21-/m1/s1. The van der Waals surface area contributed by atoms with Crippen LogP contribution < -0.4 is 14.4 Å². The van der Waals surface area contributed by atoms with E-state index < -0.39 is 12.1 Å². The Labute approximate surface area is 197 Å². The van der Waals surface area contributed by atoms with Gasteiger partial charge in [0.05, 0.1) is 19.4 Å². The van der Waals surface area contributed by atoms with E-state index in [9.17, 15) is 14.4 Å². The molecule has 0 N–H and O–H groups in total. The van der Waals surface area contributed by atoms with Gasteiger partial charge in [0.1, 0.15) is 12.3 Å². The van der Waals surface area contributed by atoms with Crippen molar-refractivity contribution in [2.45, 2.75) is 38.8 Å². The molecule has 1 aliphatic carbocycles. The fourth-order valence-corrected chi connectivity index (χ4v) is 4.20. The van der Waals surface area contributed by atoms with Gasteiger partial charge in [0, 0.05) is 36.8 Å². The number of ether oxygens (including phenoxy) is 3. The van der Waals surface area contributed by atoms with Gasteiger partial charge >= 0.3 is 5.97 Å². The highest BCUT2D eigenvalue weighted by atomic mass is 16.5. The van der Waals surface area contributed by atoms with Gasteiger partial charge < -0.3 is 24.0 Å². The van der Waals surface area contributed by atoms with Crippen LogP contribution in [0.15, 0.2) is 36.5 Å². The Morgan fingerprint density at radius 3 is 2.74 bits per heavy atom. The molecule has 3 aliphatic rings. The SMILES string of the molecule is CCOC(=O)CN1Cc2ccc(N3CC[C@@H](Oc4ccc(OCC5CC5)nc4)C3=O)cc2C1=O. The second kappa shape index (κ2) is 9.32. The van der Waals surface area contributed by atoms with E-state index in [2.05, 4.69) is 4.98 Å². The fourth-order valence-electron chi connectivity index (χ4n) is 4.20. The summed E-state index contributed by atoms with van der Waals surface area (Å²) in [4.78, 5) is 44.9. The second-order valence-corrected chi connectivity index (χ2v) is 8.78. The maximum atomic E-state index is 13.0. The topological polar surface area (TPSA) is 98.3 Å². The van der Waals surface area contributed by atoms with Crippen LogP contribution in [0.1, 0.15) is 42.1 Å². The summed E-state index contributed by atoms with van der Waals surface area (Å²) in [7, 11) is 0. The number of rotatable bonds is 9. The van der Waals surface area contributed by atoms with Crippen LogP contribution in [0.3, 0.4) is 0 Å². The van der Waals surface area contributed by atoms with Gasteiger partial charge in [-0.15, -0.1) is 0 Å². The third-order valence-electron chi connectivity index (χ3n) is 6.22. The van der Waals surface area contributed by atoms with Crippen molar-refractivity contribution in [2.24, 2.45) is 5.92 Å². The van der Waals surface area contributed by atoms with Crippen LogP contribution in [-0.4, -0.2) is 60.1 Å². The minimum Gasteiger partial charge on any atom is -0.479 e. The van der Waals surface area contributed by atoms with E-state index >= 15 is 0 Å². The molecule has 1 aromatic carbocycles. The van der Waals surface area contributed by atoms with Crippen LogP contribution in [0.2, 0.25) is 0 Å². The molecular formula is C25H27N3O6. The average Bonchev–Trinajstić information content (AvgIpc) is 3.53. The number of hydrogen-bond donors (Lipinski definition) is 0. The van der Waals surface area contributed by atoms with E-state index in [1.165, 1.54) is 17.7 Å². The maximum Gasteiger partial charge on any atom is 0.325 e. The minimum atomic E-state index is -0.621. The number of amides is 2. The number of nitrogens with zero attached hydrogens (tertiary/aromatic N) is 3. The molecule has 2 fully saturated rings. The molecule has 0 bridgehead atoms. The molecule has 0 unspecified atom stereocenters. The lowest BCUT2D eigenvalue weighted by atomic mass is 10.1. The molecule has 2 aliphatic heterocycles. The predicted molar refractivity (Wildman–Crippen MR) is 122 cm³/mol. The predicted octanol–water partition coefficient (Wildman–Crippen LogP) is 2.57. The lowest BCUT2D eigenvalue weighted by Gasteiger charge is -2.18.